The molecule has 5 aromatic rings. The van der Waals surface area contributed by atoms with Gasteiger partial charge in [0.15, 0.2) is 0 Å². The van der Waals surface area contributed by atoms with Crippen LogP contribution in [0.25, 0.3) is 20.8 Å². The predicted octanol–water partition coefficient (Wildman–Crippen LogP) is 4.37. The monoisotopic (exact) mass is 426 g/mol. The van der Waals surface area contributed by atoms with Crippen LogP contribution in [0.4, 0.5) is 5.69 Å². The Labute approximate surface area is 182 Å². The first-order valence-electron chi connectivity index (χ1n) is 9.79. The summed E-state index contributed by atoms with van der Waals surface area (Å²) in [6.45, 7) is 0. The first-order valence-corrected chi connectivity index (χ1v) is 10.6. The molecule has 8 heteroatoms. The van der Waals surface area contributed by atoms with Gasteiger partial charge in [0, 0.05) is 17.7 Å². The number of hydrogen-bond donors (Lipinski definition) is 1. The van der Waals surface area contributed by atoms with Gasteiger partial charge < -0.3 is 5.32 Å². The molecule has 0 aliphatic rings. The molecule has 0 radical (unpaired) electrons. The average molecular weight is 427 g/mol. The number of fused-ring (bicyclic) bond motifs is 1. The third-order valence-electron chi connectivity index (χ3n) is 4.93. The second-order valence-corrected chi connectivity index (χ2v) is 8.08. The van der Waals surface area contributed by atoms with Gasteiger partial charge in [0.25, 0.3) is 0 Å². The number of aromatic nitrogens is 5. The Morgan fingerprint density at radius 3 is 2.65 bits per heavy atom. The molecule has 7 nitrogen and oxygen atoms in total. The maximum Gasteiger partial charge on any atom is 0.249 e. The van der Waals surface area contributed by atoms with E-state index < -0.39 is 6.04 Å². The molecule has 1 amide bonds. The Kier molecular flexibility index (Phi) is 5.20. The summed E-state index contributed by atoms with van der Waals surface area (Å²) in [5.41, 5.74) is 3.66. The van der Waals surface area contributed by atoms with E-state index in [0.29, 0.717) is 12.1 Å². The number of nitrogens with one attached hydrogen (secondary N) is 1. The molecule has 0 aliphatic heterocycles. The van der Waals surface area contributed by atoms with Crippen LogP contribution in [0, 0.1) is 0 Å². The number of nitrogens with zero attached hydrogens (tertiary/aromatic N) is 5. The van der Waals surface area contributed by atoms with Gasteiger partial charge in [-0.3, -0.25) is 4.79 Å². The van der Waals surface area contributed by atoms with Gasteiger partial charge in [-0.25, -0.2) is 9.67 Å². The van der Waals surface area contributed by atoms with E-state index >= 15 is 0 Å². The van der Waals surface area contributed by atoms with Crippen LogP contribution >= 0.6 is 11.3 Å². The zero-order chi connectivity index (χ0) is 21.0. The molecular formula is C23H18N6OS. The Balaban J connectivity index is 1.40. The van der Waals surface area contributed by atoms with Crippen LogP contribution < -0.4 is 5.32 Å². The van der Waals surface area contributed by atoms with Crippen LogP contribution in [-0.2, 0) is 11.2 Å². The van der Waals surface area contributed by atoms with Crippen LogP contribution in [0.2, 0.25) is 0 Å². The van der Waals surface area contributed by atoms with E-state index in [9.17, 15) is 4.79 Å². The number of tetrazole rings is 1. The van der Waals surface area contributed by atoms with E-state index in [1.54, 1.807) is 11.3 Å². The van der Waals surface area contributed by atoms with E-state index in [0.717, 1.165) is 26.4 Å². The summed E-state index contributed by atoms with van der Waals surface area (Å²) < 4.78 is 2.62. The molecule has 1 atom stereocenters. The largest absolute Gasteiger partial charge is 0.324 e. The van der Waals surface area contributed by atoms with Gasteiger partial charge >= 0.3 is 0 Å². The molecule has 0 fully saturated rings. The van der Waals surface area contributed by atoms with Crippen LogP contribution in [0.3, 0.4) is 0 Å². The van der Waals surface area contributed by atoms with Gasteiger partial charge in [0.2, 0.25) is 5.91 Å². The van der Waals surface area contributed by atoms with Gasteiger partial charge in [0.05, 0.1) is 10.2 Å². The number of benzene rings is 3. The number of carbonyl (C=O) groups excluding carboxylic acids is 1. The molecular weight excluding hydrogens is 408 g/mol. The lowest BCUT2D eigenvalue weighted by atomic mass is 10.1. The number of amides is 1. The predicted molar refractivity (Wildman–Crippen MR) is 121 cm³/mol. The number of thiazole rings is 1. The highest BCUT2D eigenvalue weighted by molar-refractivity contribution is 7.21. The van der Waals surface area contributed by atoms with Gasteiger partial charge in [-0.05, 0) is 40.3 Å². The van der Waals surface area contributed by atoms with Crippen molar-refractivity contribution in [3.63, 3.8) is 0 Å². The molecule has 0 bridgehead atoms. The summed E-state index contributed by atoms with van der Waals surface area (Å²) in [5.74, 6) is -0.183. The van der Waals surface area contributed by atoms with Gasteiger partial charge in [-0.15, -0.1) is 16.4 Å². The molecule has 0 unspecified atom stereocenters. The van der Waals surface area contributed by atoms with E-state index in [1.807, 2.05) is 72.8 Å². The Morgan fingerprint density at radius 2 is 1.84 bits per heavy atom. The van der Waals surface area contributed by atoms with Crippen molar-refractivity contribution >= 4 is 33.1 Å². The Bertz CT molecular complexity index is 1280. The Morgan fingerprint density at radius 1 is 1.00 bits per heavy atom. The minimum atomic E-state index is -0.566. The zero-order valence-electron chi connectivity index (χ0n) is 16.4. The van der Waals surface area contributed by atoms with Crippen molar-refractivity contribution in [2.24, 2.45) is 0 Å². The Hall–Kier alpha value is -3.91. The molecule has 1 N–H and O–H groups in total. The lowest BCUT2D eigenvalue weighted by Gasteiger charge is -2.16. The molecule has 0 aliphatic carbocycles. The highest BCUT2D eigenvalue weighted by Crippen LogP contribution is 2.31. The van der Waals surface area contributed by atoms with E-state index in [2.05, 4.69) is 26.9 Å². The molecule has 0 spiro atoms. The molecule has 2 heterocycles. The number of para-hydroxylation sites is 1. The minimum Gasteiger partial charge on any atom is -0.324 e. The quantitative estimate of drug-likeness (QED) is 0.436. The second-order valence-electron chi connectivity index (χ2n) is 7.05. The SMILES string of the molecule is O=C(Nc1cccc(-c2nc3ccccc3s2)c1)[C@H](Cc1ccccc1)n1cnnn1. The second kappa shape index (κ2) is 8.45. The fraction of sp³-hybridized carbons (Fsp3) is 0.0870. The summed E-state index contributed by atoms with van der Waals surface area (Å²) in [6, 6.07) is 25.0. The molecule has 3 aromatic carbocycles. The normalized spacial score (nSPS) is 12.0. The molecule has 31 heavy (non-hydrogen) atoms. The fourth-order valence-electron chi connectivity index (χ4n) is 3.41. The molecule has 5 rings (SSSR count). The lowest BCUT2D eigenvalue weighted by molar-refractivity contribution is -0.119. The summed E-state index contributed by atoms with van der Waals surface area (Å²) in [5, 5.41) is 15.3. The number of hydrogen-bond acceptors (Lipinski definition) is 6. The molecule has 152 valence electrons. The summed E-state index contributed by atoms with van der Waals surface area (Å²) >= 11 is 1.63. The number of anilines is 1. The van der Waals surface area contributed by atoms with E-state index in [1.165, 1.54) is 11.0 Å². The average Bonchev–Trinajstić information content (AvgIpc) is 3.48. The van der Waals surface area contributed by atoms with Gasteiger partial charge in [0.1, 0.15) is 17.4 Å². The summed E-state index contributed by atoms with van der Waals surface area (Å²) in [6.07, 6.45) is 1.94. The van der Waals surface area contributed by atoms with Crippen LogP contribution in [0.5, 0.6) is 0 Å². The summed E-state index contributed by atoms with van der Waals surface area (Å²) in [7, 11) is 0. The van der Waals surface area contributed by atoms with Crippen LogP contribution in [-0.4, -0.2) is 31.1 Å². The number of carbonyl (C=O) groups is 1. The van der Waals surface area contributed by atoms with Crippen molar-refractivity contribution in [2.45, 2.75) is 12.5 Å². The lowest BCUT2D eigenvalue weighted by Crippen LogP contribution is -2.28. The molecule has 2 aromatic heterocycles. The molecule has 0 saturated heterocycles. The first kappa shape index (κ1) is 19.1. The topological polar surface area (TPSA) is 85.6 Å². The maximum absolute atomic E-state index is 13.2. The smallest absolute Gasteiger partial charge is 0.249 e. The van der Waals surface area contributed by atoms with E-state index in [-0.39, 0.29) is 5.91 Å². The highest BCUT2D eigenvalue weighted by atomic mass is 32.1. The standard InChI is InChI=1S/C23H18N6OS/c30-22(20(29-15-24-27-28-29)13-16-7-2-1-3-8-16)25-18-10-6-9-17(14-18)23-26-19-11-4-5-12-21(19)31-23/h1-12,14-15,20H,13H2,(H,25,30)/t20-/m0/s1. The van der Waals surface area contributed by atoms with Crippen molar-refractivity contribution in [1.82, 2.24) is 25.2 Å². The van der Waals surface area contributed by atoms with Crippen molar-refractivity contribution in [3.05, 3.63) is 90.8 Å². The summed E-state index contributed by atoms with van der Waals surface area (Å²) in [4.78, 5) is 17.9. The minimum absolute atomic E-state index is 0.183. The first-order chi connectivity index (χ1) is 15.3. The van der Waals surface area contributed by atoms with Crippen LogP contribution in [0.1, 0.15) is 11.6 Å². The van der Waals surface area contributed by atoms with Crippen molar-refractivity contribution in [2.75, 3.05) is 5.32 Å². The van der Waals surface area contributed by atoms with Crippen LogP contribution in [0.15, 0.2) is 85.2 Å². The molecule has 0 saturated carbocycles. The third-order valence-corrected chi connectivity index (χ3v) is 6.02. The fourth-order valence-corrected chi connectivity index (χ4v) is 4.37. The van der Waals surface area contributed by atoms with Crippen molar-refractivity contribution < 1.29 is 4.79 Å². The van der Waals surface area contributed by atoms with Gasteiger partial charge in [-0.1, -0.05) is 54.6 Å². The highest BCUT2D eigenvalue weighted by Gasteiger charge is 2.22. The van der Waals surface area contributed by atoms with Gasteiger partial charge in [-0.2, -0.15) is 0 Å². The van der Waals surface area contributed by atoms with Crippen molar-refractivity contribution in [3.8, 4) is 10.6 Å². The zero-order valence-corrected chi connectivity index (χ0v) is 17.2. The third kappa shape index (κ3) is 4.19. The van der Waals surface area contributed by atoms with Crippen molar-refractivity contribution in [1.29, 1.82) is 0 Å². The maximum atomic E-state index is 13.2. The number of rotatable bonds is 6. The van der Waals surface area contributed by atoms with E-state index in [4.69, 9.17) is 4.98 Å².